The smallest absolute Gasteiger partial charge is 0.224 e. The van der Waals surface area contributed by atoms with Crippen LogP contribution in [0.4, 0.5) is 4.39 Å². The quantitative estimate of drug-likeness (QED) is 0.206. The zero-order valence-corrected chi connectivity index (χ0v) is 25.7. The first-order valence-corrected chi connectivity index (χ1v) is 15.6. The van der Waals surface area contributed by atoms with E-state index in [1.54, 1.807) is 31.1 Å². The van der Waals surface area contributed by atoms with Crippen LogP contribution in [-0.4, -0.2) is 58.8 Å². The number of phenols is 1. The van der Waals surface area contributed by atoms with Gasteiger partial charge in [0.05, 0.1) is 29.6 Å². The molecule has 2 aliphatic heterocycles. The number of rotatable bonds is 9. The molecule has 9 heteroatoms. The molecule has 4 heterocycles. The molecule has 1 aliphatic carbocycles. The first-order chi connectivity index (χ1) is 21.8. The van der Waals surface area contributed by atoms with Crippen LogP contribution < -0.4 is 10.1 Å². The Morgan fingerprint density at radius 3 is 2.73 bits per heavy atom. The van der Waals surface area contributed by atoms with E-state index in [-0.39, 0.29) is 42.1 Å². The number of fused-ring (bicyclic) bond motifs is 5. The molecule has 3 atom stereocenters. The maximum Gasteiger partial charge on any atom is 0.224 e. The number of carbonyl (C=O) groups is 1. The van der Waals surface area contributed by atoms with Crippen molar-refractivity contribution >= 4 is 38.5 Å². The van der Waals surface area contributed by atoms with E-state index in [0.717, 1.165) is 57.0 Å². The summed E-state index contributed by atoms with van der Waals surface area (Å²) >= 11 is 0. The number of amides is 1. The Balaban J connectivity index is 1.66. The van der Waals surface area contributed by atoms with Gasteiger partial charge in [-0.25, -0.2) is 9.37 Å². The van der Waals surface area contributed by atoms with E-state index in [1.165, 1.54) is 6.07 Å². The summed E-state index contributed by atoms with van der Waals surface area (Å²) in [6, 6.07) is 17.4. The lowest BCUT2D eigenvalue weighted by molar-refractivity contribution is -0.128. The fourth-order valence-corrected chi connectivity index (χ4v) is 7.46. The van der Waals surface area contributed by atoms with E-state index >= 15 is 4.39 Å². The van der Waals surface area contributed by atoms with Gasteiger partial charge in [-0.3, -0.25) is 4.79 Å². The highest BCUT2D eigenvalue weighted by atomic mass is 19.1. The van der Waals surface area contributed by atoms with Crippen molar-refractivity contribution in [2.45, 2.75) is 51.1 Å². The van der Waals surface area contributed by atoms with Gasteiger partial charge < -0.3 is 24.6 Å². The molecular formula is C36H36FN5O3. The number of benzene rings is 3. The maximum absolute atomic E-state index is 15.9. The average Bonchev–Trinajstić information content (AvgIpc) is 3.74. The Hall–Kier alpha value is -4.68. The molecule has 8 rings (SSSR count). The van der Waals surface area contributed by atoms with Crippen LogP contribution in [0, 0.1) is 23.1 Å². The third kappa shape index (κ3) is 4.75. The molecule has 0 unspecified atom stereocenters. The minimum absolute atomic E-state index is 0.00563. The number of nitriles is 1. The molecule has 0 spiro atoms. The van der Waals surface area contributed by atoms with Gasteiger partial charge in [0.25, 0.3) is 0 Å². The van der Waals surface area contributed by atoms with E-state index < -0.39 is 5.82 Å². The molecule has 1 saturated carbocycles. The summed E-state index contributed by atoms with van der Waals surface area (Å²) in [5.74, 6) is 0.380. The minimum Gasteiger partial charge on any atom is -0.508 e. The topological polar surface area (TPSA) is 103 Å². The normalized spacial score (nSPS) is 18.8. The molecule has 3 aromatic carbocycles. The van der Waals surface area contributed by atoms with Crippen molar-refractivity contribution in [3.63, 3.8) is 0 Å². The second kappa shape index (κ2) is 11.4. The van der Waals surface area contributed by atoms with Gasteiger partial charge in [-0.05, 0) is 78.3 Å². The Morgan fingerprint density at radius 2 is 2.02 bits per heavy atom. The zero-order chi connectivity index (χ0) is 31.4. The van der Waals surface area contributed by atoms with Crippen LogP contribution in [0.3, 0.4) is 0 Å². The predicted molar refractivity (Wildman–Crippen MR) is 173 cm³/mol. The number of hydrogen-bond donors (Lipinski definition) is 2. The molecule has 8 nitrogen and oxygen atoms in total. The summed E-state index contributed by atoms with van der Waals surface area (Å²) in [6.07, 6.45) is 2.45. The van der Waals surface area contributed by atoms with Gasteiger partial charge >= 0.3 is 0 Å². The van der Waals surface area contributed by atoms with E-state index in [2.05, 4.69) is 16.0 Å². The van der Waals surface area contributed by atoms with Crippen molar-refractivity contribution in [3.8, 4) is 28.8 Å². The van der Waals surface area contributed by atoms with Crippen LogP contribution in [0.25, 0.3) is 43.7 Å². The summed E-state index contributed by atoms with van der Waals surface area (Å²) in [5, 5.41) is 27.2. The SMILES string of the molecule is CCOc1nc2c(F)cc(CCC#N)cc2c2c1c(-c1cc(O)cc3ccccc13)c(CCC(=O)N(C)C)n2[C@H]1[C@H]2CN[C@@H]1C2. The molecule has 2 aromatic heterocycles. The Bertz CT molecular complexity index is 2010. The maximum atomic E-state index is 15.9. The van der Waals surface area contributed by atoms with Gasteiger partial charge in [-0.2, -0.15) is 5.26 Å². The molecule has 1 amide bonds. The number of nitrogens with one attached hydrogen (secondary N) is 1. The molecule has 2 saturated heterocycles. The third-order valence-corrected chi connectivity index (χ3v) is 9.50. The summed E-state index contributed by atoms with van der Waals surface area (Å²) in [7, 11) is 3.52. The zero-order valence-electron chi connectivity index (χ0n) is 25.7. The fraction of sp³-hybridized carbons (Fsp3) is 0.361. The van der Waals surface area contributed by atoms with Crippen LogP contribution in [0.1, 0.15) is 43.5 Å². The number of pyridine rings is 1. The second-order valence-electron chi connectivity index (χ2n) is 12.4. The lowest BCUT2D eigenvalue weighted by Gasteiger charge is -2.38. The predicted octanol–water partition coefficient (Wildman–Crippen LogP) is 6.26. The van der Waals surface area contributed by atoms with Gasteiger partial charge in [-0.15, -0.1) is 0 Å². The van der Waals surface area contributed by atoms with Crippen LogP contribution in [0.2, 0.25) is 0 Å². The molecule has 5 aromatic rings. The molecule has 2 bridgehead atoms. The molecule has 230 valence electrons. The van der Waals surface area contributed by atoms with Crippen molar-refractivity contribution in [1.29, 1.82) is 5.26 Å². The standard InChI is InChI=1S/C36H36FN5O3/c1-4-45-36-32-31(25-18-23(43)16-21-9-5-6-10-24(21)25)29(11-12-30(44)41(2)3)42(34-22-17-28(34)39-19-22)35(32)26-14-20(8-7-13-38)15-27(37)33(26)40-36/h5-6,9-10,14-16,18,22,28,34,39,43H,4,7-8,11-12,17,19H2,1-3H3/t22-,28-,34+/m1/s1. The number of nitrogens with zero attached hydrogens (tertiary/aromatic N) is 4. The van der Waals surface area contributed by atoms with E-state index in [0.29, 0.717) is 36.6 Å². The summed E-state index contributed by atoms with van der Waals surface area (Å²) in [6.45, 7) is 3.09. The van der Waals surface area contributed by atoms with Crippen molar-refractivity contribution in [3.05, 3.63) is 65.6 Å². The first kappa shape index (κ1) is 29.1. The van der Waals surface area contributed by atoms with Gasteiger partial charge in [-0.1, -0.05) is 24.3 Å². The van der Waals surface area contributed by atoms with E-state index in [4.69, 9.17) is 9.72 Å². The van der Waals surface area contributed by atoms with Gasteiger partial charge in [0.2, 0.25) is 11.8 Å². The number of aromatic nitrogens is 2. The van der Waals surface area contributed by atoms with Crippen LogP contribution in [0.15, 0.2) is 48.5 Å². The fourth-order valence-electron chi connectivity index (χ4n) is 7.46. The average molecular weight is 606 g/mol. The Kier molecular flexibility index (Phi) is 7.33. The highest BCUT2D eigenvalue weighted by Crippen LogP contribution is 2.52. The van der Waals surface area contributed by atoms with Gasteiger partial charge in [0.15, 0.2) is 0 Å². The van der Waals surface area contributed by atoms with Gasteiger partial charge in [0, 0.05) is 56.2 Å². The van der Waals surface area contributed by atoms with Crippen LogP contribution >= 0.6 is 0 Å². The van der Waals surface area contributed by atoms with Crippen LogP contribution in [-0.2, 0) is 17.6 Å². The van der Waals surface area contributed by atoms with Crippen molar-refractivity contribution in [1.82, 2.24) is 19.8 Å². The molecule has 3 aliphatic rings. The monoisotopic (exact) mass is 605 g/mol. The van der Waals surface area contributed by atoms with Crippen molar-refractivity contribution in [2.75, 3.05) is 27.2 Å². The molecule has 3 fully saturated rings. The van der Waals surface area contributed by atoms with Crippen LogP contribution in [0.5, 0.6) is 11.6 Å². The molecule has 2 N–H and O–H groups in total. The Labute approximate surface area is 261 Å². The highest BCUT2D eigenvalue weighted by Gasteiger charge is 2.49. The number of carbonyl (C=O) groups excluding carboxylic acids is 1. The molecule has 0 radical (unpaired) electrons. The van der Waals surface area contributed by atoms with Crippen molar-refractivity contribution in [2.24, 2.45) is 5.92 Å². The van der Waals surface area contributed by atoms with E-state index in [9.17, 15) is 15.2 Å². The largest absolute Gasteiger partial charge is 0.508 e. The second-order valence-corrected chi connectivity index (χ2v) is 12.4. The van der Waals surface area contributed by atoms with E-state index in [1.807, 2.05) is 37.3 Å². The van der Waals surface area contributed by atoms with Gasteiger partial charge in [0.1, 0.15) is 17.1 Å². The number of aryl methyl sites for hydroxylation is 1. The molecule has 45 heavy (non-hydrogen) atoms. The lowest BCUT2D eigenvalue weighted by Crippen LogP contribution is -2.39. The lowest BCUT2D eigenvalue weighted by atomic mass is 9.79. The third-order valence-electron chi connectivity index (χ3n) is 9.50. The number of halogens is 1. The summed E-state index contributed by atoms with van der Waals surface area (Å²) in [4.78, 5) is 19.5. The number of phenolic OH excluding ortho intramolecular Hbond substituents is 1. The highest BCUT2D eigenvalue weighted by molar-refractivity contribution is 6.16. The minimum atomic E-state index is -0.459. The number of hydrogen-bond acceptors (Lipinski definition) is 6. The van der Waals surface area contributed by atoms with Crippen molar-refractivity contribution < 1.29 is 19.0 Å². The molecular weight excluding hydrogens is 569 g/mol. The number of ether oxygens (including phenoxy) is 1. The Morgan fingerprint density at radius 1 is 1.20 bits per heavy atom. The summed E-state index contributed by atoms with van der Waals surface area (Å²) in [5.41, 5.74) is 4.36. The number of aromatic hydroxyl groups is 1. The first-order valence-electron chi connectivity index (χ1n) is 15.6. The summed E-state index contributed by atoms with van der Waals surface area (Å²) < 4.78 is 24.5.